The third kappa shape index (κ3) is 25.0. The second-order valence-corrected chi connectivity index (χ2v) is 14.8. The highest BCUT2D eigenvalue weighted by Crippen LogP contribution is 2.32. The number of nitrogens with two attached hydrogens (primary N) is 1. The van der Waals surface area contributed by atoms with Crippen LogP contribution in [-0.2, 0) is 0 Å². The summed E-state index contributed by atoms with van der Waals surface area (Å²) in [6.07, 6.45) is 46.0. The summed E-state index contributed by atoms with van der Waals surface area (Å²) in [7, 11) is 0. The lowest BCUT2D eigenvalue weighted by atomic mass is 9.86. The van der Waals surface area contributed by atoms with Gasteiger partial charge in [0.25, 0.3) is 0 Å². The molecular weight excluding hydrogens is 555 g/mol. The van der Waals surface area contributed by atoms with Gasteiger partial charge in [-0.25, -0.2) is 0 Å². The minimum Gasteiger partial charge on any atom is -0.321 e. The Morgan fingerprint density at radius 3 is 1.00 bits per heavy atom. The number of benzene rings is 1. The zero-order valence-corrected chi connectivity index (χ0v) is 31.9. The molecule has 1 atom stereocenters. The van der Waals surface area contributed by atoms with Gasteiger partial charge in [0.15, 0.2) is 0 Å². The Morgan fingerprint density at radius 1 is 0.391 bits per heavy atom. The molecule has 0 aliphatic heterocycles. The molecule has 0 radical (unpaired) electrons. The minimum atomic E-state index is 0.0704. The van der Waals surface area contributed by atoms with Gasteiger partial charge in [-0.05, 0) is 49.7 Å². The summed E-state index contributed by atoms with van der Waals surface area (Å²) in [6, 6.07) is 11.1. The lowest BCUT2D eigenvalue weighted by molar-refractivity contribution is 0.538. The van der Waals surface area contributed by atoms with Gasteiger partial charge in [0.05, 0.1) is 6.04 Å². The van der Waals surface area contributed by atoms with Gasteiger partial charge in [-0.15, -0.1) is 0 Å². The lowest BCUT2D eigenvalue weighted by Crippen LogP contribution is -2.16. The zero-order chi connectivity index (χ0) is 33.2. The Bertz CT molecular complexity index is 738. The molecule has 0 aromatic heterocycles. The molecule has 0 aliphatic rings. The van der Waals surface area contributed by atoms with Crippen LogP contribution in [0.3, 0.4) is 0 Å². The van der Waals surface area contributed by atoms with Gasteiger partial charge in [0.1, 0.15) is 0 Å². The van der Waals surface area contributed by atoms with E-state index in [-0.39, 0.29) is 6.04 Å². The molecule has 2 N–H and O–H groups in total. The van der Waals surface area contributed by atoms with Crippen LogP contribution in [-0.4, -0.2) is 0 Å². The second-order valence-electron chi connectivity index (χ2n) is 14.8. The quantitative estimate of drug-likeness (QED) is 0.0581. The topological polar surface area (TPSA) is 26.0 Å². The van der Waals surface area contributed by atoms with E-state index in [1.807, 2.05) is 0 Å². The molecule has 0 amide bonds. The highest BCUT2D eigenvalue weighted by molar-refractivity contribution is 5.31. The molecular formula is C45H83N. The molecule has 1 rings (SSSR count). The average molecular weight is 638 g/mol. The SMILES string of the molecule is CCCCCCCCCCCCC(CCCCCCCCCCCC)=C(CCCCCCCCCCCC)C(N)c1ccccc1. The van der Waals surface area contributed by atoms with Crippen LogP contribution in [0.25, 0.3) is 0 Å². The summed E-state index contributed by atoms with van der Waals surface area (Å²) in [5.74, 6) is 0. The van der Waals surface area contributed by atoms with Crippen LogP contribution in [0.4, 0.5) is 0 Å². The number of unbranched alkanes of at least 4 members (excludes halogenated alkanes) is 27. The van der Waals surface area contributed by atoms with Crippen molar-refractivity contribution in [1.29, 1.82) is 0 Å². The second kappa shape index (κ2) is 33.8. The standard InChI is InChI=1S/C45H83N/c1-4-7-10-13-16-19-22-25-28-32-37-42(38-33-29-26-23-20-17-14-11-8-5-2)44(45(46)43-39-34-31-35-40-43)41-36-30-27-24-21-18-15-12-9-6-3/h31,34-35,39-40,45H,4-30,32-33,36-38,41,46H2,1-3H3. The van der Waals surface area contributed by atoms with Crippen molar-refractivity contribution in [2.24, 2.45) is 5.73 Å². The average Bonchev–Trinajstić information content (AvgIpc) is 3.08. The van der Waals surface area contributed by atoms with Crippen molar-refractivity contribution < 1.29 is 0 Å². The van der Waals surface area contributed by atoms with Crippen molar-refractivity contribution >= 4 is 0 Å². The summed E-state index contributed by atoms with van der Waals surface area (Å²) in [5.41, 5.74) is 11.8. The van der Waals surface area contributed by atoms with Crippen molar-refractivity contribution in [3.05, 3.63) is 47.0 Å². The van der Waals surface area contributed by atoms with E-state index in [1.54, 1.807) is 11.1 Å². The predicted molar refractivity (Wildman–Crippen MR) is 210 cm³/mol. The number of hydrogen-bond donors (Lipinski definition) is 1. The lowest BCUT2D eigenvalue weighted by Gasteiger charge is -2.23. The van der Waals surface area contributed by atoms with Gasteiger partial charge in [-0.2, -0.15) is 0 Å². The van der Waals surface area contributed by atoms with E-state index < -0.39 is 0 Å². The molecule has 46 heavy (non-hydrogen) atoms. The first-order chi connectivity index (χ1) is 22.7. The molecule has 0 aliphatic carbocycles. The molecule has 1 unspecified atom stereocenters. The molecule has 268 valence electrons. The maximum Gasteiger partial charge on any atom is 0.0513 e. The van der Waals surface area contributed by atoms with E-state index in [1.165, 1.54) is 217 Å². The molecule has 1 nitrogen and oxygen atoms in total. The highest BCUT2D eigenvalue weighted by atomic mass is 14.6. The van der Waals surface area contributed by atoms with Gasteiger partial charge in [0.2, 0.25) is 0 Å². The van der Waals surface area contributed by atoms with Crippen molar-refractivity contribution in [2.75, 3.05) is 0 Å². The summed E-state index contributed by atoms with van der Waals surface area (Å²) < 4.78 is 0. The third-order valence-corrected chi connectivity index (χ3v) is 10.5. The molecule has 0 spiro atoms. The van der Waals surface area contributed by atoms with Crippen molar-refractivity contribution in [3.8, 4) is 0 Å². The van der Waals surface area contributed by atoms with Gasteiger partial charge in [0, 0.05) is 0 Å². The summed E-state index contributed by atoms with van der Waals surface area (Å²) in [5, 5.41) is 0. The van der Waals surface area contributed by atoms with E-state index >= 15 is 0 Å². The van der Waals surface area contributed by atoms with Gasteiger partial charge < -0.3 is 5.73 Å². The van der Waals surface area contributed by atoms with E-state index in [9.17, 15) is 0 Å². The smallest absolute Gasteiger partial charge is 0.0513 e. The Labute approximate surface area is 290 Å². The zero-order valence-electron chi connectivity index (χ0n) is 31.9. The first kappa shape index (κ1) is 42.9. The van der Waals surface area contributed by atoms with Crippen LogP contribution in [0, 0.1) is 0 Å². The normalized spacial score (nSPS) is 12.1. The molecule has 1 aromatic rings. The van der Waals surface area contributed by atoms with E-state index in [0.29, 0.717) is 0 Å². The fourth-order valence-corrected chi connectivity index (χ4v) is 7.31. The monoisotopic (exact) mass is 638 g/mol. The Hall–Kier alpha value is -1.08. The Balaban J connectivity index is 2.70. The fraction of sp³-hybridized carbons (Fsp3) is 0.822. The Kier molecular flexibility index (Phi) is 31.6. The van der Waals surface area contributed by atoms with E-state index in [0.717, 1.165) is 0 Å². The fourth-order valence-electron chi connectivity index (χ4n) is 7.31. The maximum absolute atomic E-state index is 7.14. The first-order valence-electron chi connectivity index (χ1n) is 21.3. The maximum atomic E-state index is 7.14. The first-order valence-corrected chi connectivity index (χ1v) is 21.3. The highest BCUT2D eigenvalue weighted by Gasteiger charge is 2.17. The minimum absolute atomic E-state index is 0.0704. The van der Waals surface area contributed by atoms with Crippen LogP contribution in [0.5, 0.6) is 0 Å². The third-order valence-electron chi connectivity index (χ3n) is 10.5. The molecule has 0 bridgehead atoms. The molecule has 1 heteroatoms. The number of allylic oxidation sites excluding steroid dienone is 1. The van der Waals surface area contributed by atoms with Crippen LogP contribution in [0.15, 0.2) is 41.5 Å². The molecule has 0 fully saturated rings. The molecule has 0 heterocycles. The Morgan fingerprint density at radius 2 is 0.674 bits per heavy atom. The molecule has 0 saturated carbocycles. The largest absolute Gasteiger partial charge is 0.321 e. The summed E-state index contributed by atoms with van der Waals surface area (Å²) >= 11 is 0. The van der Waals surface area contributed by atoms with Crippen LogP contribution in [0.1, 0.15) is 244 Å². The van der Waals surface area contributed by atoms with Crippen LogP contribution in [0.2, 0.25) is 0 Å². The number of rotatable bonds is 35. The van der Waals surface area contributed by atoms with Crippen LogP contribution < -0.4 is 5.73 Å². The molecule has 1 aromatic carbocycles. The predicted octanol–water partition coefficient (Wildman–Crippen LogP) is 15.9. The summed E-state index contributed by atoms with van der Waals surface area (Å²) in [6.45, 7) is 6.94. The number of hydrogen-bond acceptors (Lipinski definition) is 1. The van der Waals surface area contributed by atoms with Gasteiger partial charge in [-0.1, -0.05) is 230 Å². The molecule has 0 saturated heterocycles. The van der Waals surface area contributed by atoms with Gasteiger partial charge >= 0.3 is 0 Å². The van der Waals surface area contributed by atoms with Crippen molar-refractivity contribution in [2.45, 2.75) is 239 Å². The van der Waals surface area contributed by atoms with Crippen molar-refractivity contribution in [1.82, 2.24) is 0 Å². The van der Waals surface area contributed by atoms with Crippen molar-refractivity contribution in [3.63, 3.8) is 0 Å². The van der Waals surface area contributed by atoms with Gasteiger partial charge in [-0.3, -0.25) is 0 Å². The van der Waals surface area contributed by atoms with E-state index in [4.69, 9.17) is 5.73 Å². The van der Waals surface area contributed by atoms with E-state index in [2.05, 4.69) is 51.1 Å². The van der Waals surface area contributed by atoms with Crippen LogP contribution >= 0.6 is 0 Å². The summed E-state index contributed by atoms with van der Waals surface area (Å²) in [4.78, 5) is 0.